The zero-order valence-electron chi connectivity index (χ0n) is 47.2. The molecule has 0 aliphatic carbocycles. The van der Waals surface area contributed by atoms with Crippen LogP contribution in [0.1, 0.15) is 33.4 Å². The van der Waals surface area contributed by atoms with Crippen LogP contribution in [0.5, 0.6) is 0 Å². The first-order valence-corrected chi connectivity index (χ1v) is 28.6. The average molecular weight is 1090 g/mol. The van der Waals surface area contributed by atoms with Gasteiger partial charge in [0.05, 0.1) is 0 Å². The lowest BCUT2D eigenvalue weighted by Gasteiger charge is -2.03. The number of hydrogen-bond donors (Lipinski definition) is 0. The zero-order chi connectivity index (χ0) is 56.5. The highest BCUT2D eigenvalue weighted by atomic mass is 16.3. The molecule has 6 aromatic heterocycles. The Kier molecular flexibility index (Phi) is 11.2. The van der Waals surface area contributed by atoms with E-state index in [2.05, 4.69) is 260 Å². The maximum atomic E-state index is 6.29. The molecule has 12 aromatic carbocycles. The summed E-state index contributed by atoms with van der Waals surface area (Å²) < 4.78 is 36.9. The summed E-state index contributed by atoms with van der Waals surface area (Å²) in [6.45, 7) is 12.6. The molecule has 0 amide bonds. The van der Waals surface area contributed by atoms with Gasteiger partial charge < -0.3 is 26.5 Å². The summed E-state index contributed by atoms with van der Waals surface area (Å²) >= 11 is 0. The number of fused-ring (bicyclic) bond motifs is 18. The van der Waals surface area contributed by atoms with Crippen molar-refractivity contribution in [2.75, 3.05) is 0 Å². The first-order chi connectivity index (χ1) is 41.0. The summed E-state index contributed by atoms with van der Waals surface area (Å²) in [6.07, 6.45) is 0. The molecule has 0 N–H and O–H groups in total. The highest BCUT2D eigenvalue weighted by Crippen LogP contribution is 2.43. The minimum absolute atomic E-state index is 0.909. The van der Waals surface area contributed by atoms with Crippen LogP contribution in [0.2, 0.25) is 0 Å². The van der Waals surface area contributed by atoms with E-state index in [0.717, 1.165) is 138 Å². The molecule has 6 heterocycles. The van der Waals surface area contributed by atoms with Crippen molar-refractivity contribution in [2.24, 2.45) is 0 Å². The van der Waals surface area contributed by atoms with Gasteiger partial charge in [0.15, 0.2) is 0 Å². The molecule has 18 rings (SSSR count). The van der Waals surface area contributed by atoms with Crippen molar-refractivity contribution in [2.45, 2.75) is 41.5 Å². The molecule has 402 valence electrons. The van der Waals surface area contributed by atoms with E-state index in [0.29, 0.717) is 0 Å². The molecule has 0 aliphatic heterocycles. The van der Waals surface area contributed by atoms with E-state index >= 15 is 0 Å². The Balaban J connectivity index is 0.000000103. The molecular weight excluding hydrogens is 1030 g/mol. The lowest BCUT2D eigenvalue weighted by Crippen LogP contribution is -1.80. The van der Waals surface area contributed by atoms with Gasteiger partial charge >= 0.3 is 0 Å². The number of furan rings is 6. The lowest BCUT2D eigenvalue weighted by molar-refractivity contribution is 0.665. The van der Waals surface area contributed by atoms with Gasteiger partial charge in [-0.15, -0.1) is 0 Å². The van der Waals surface area contributed by atoms with Crippen molar-refractivity contribution in [3.8, 4) is 33.4 Å². The fraction of sp³-hybridized carbons (Fsp3) is 0.0769. The molecule has 0 bridgehead atoms. The fourth-order valence-electron chi connectivity index (χ4n) is 12.7. The normalized spacial score (nSPS) is 11.9. The largest absolute Gasteiger partial charge is 0.456 e. The lowest BCUT2D eigenvalue weighted by atomic mass is 9.99. The zero-order valence-corrected chi connectivity index (χ0v) is 47.2. The van der Waals surface area contributed by atoms with E-state index < -0.39 is 0 Å². The van der Waals surface area contributed by atoms with Gasteiger partial charge in [-0.05, 0) is 165 Å². The van der Waals surface area contributed by atoms with Crippen molar-refractivity contribution in [1.82, 2.24) is 0 Å². The van der Waals surface area contributed by atoms with Crippen LogP contribution in [-0.4, -0.2) is 0 Å². The molecule has 0 saturated carbocycles. The van der Waals surface area contributed by atoms with Crippen LogP contribution in [0.25, 0.3) is 165 Å². The predicted molar refractivity (Wildman–Crippen MR) is 348 cm³/mol. The Labute approximate surface area is 482 Å². The van der Waals surface area contributed by atoms with Crippen molar-refractivity contribution in [3.63, 3.8) is 0 Å². The van der Waals surface area contributed by atoms with Crippen LogP contribution in [0, 0.1) is 41.5 Å². The second kappa shape index (κ2) is 19.0. The van der Waals surface area contributed by atoms with Crippen molar-refractivity contribution in [1.29, 1.82) is 0 Å². The molecule has 0 spiro atoms. The van der Waals surface area contributed by atoms with Gasteiger partial charge in [0.25, 0.3) is 0 Å². The number of rotatable bonds is 3. The second-order valence-corrected chi connectivity index (χ2v) is 22.7. The van der Waals surface area contributed by atoms with Crippen molar-refractivity contribution >= 4 is 132 Å². The van der Waals surface area contributed by atoms with Crippen LogP contribution >= 0.6 is 0 Å². The summed E-state index contributed by atoms with van der Waals surface area (Å²) in [5, 5.41) is 13.9. The Morgan fingerprint density at radius 1 is 0.190 bits per heavy atom. The summed E-state index contributed by atoms with van der Waals surface area (Å²) in [6, 6.07) is 76.4. The molecular formula is C78H54O6. The van der Waals surface area contributed by atoms with Crippen LogP contribution in [-0.2, 0) is 0 Å². The smallest absolute Gasteiger partial charge is 0.143 e. The summed E-state index contributed by atoms with van der Waals surface area (Å²) in [7, 11) is 0. The van der Waals surface area contributed by atoms with Crippen molar-refractivity contribution < 1.29 is 26.5 Å². The van der Waals surface area contributed by atoms with Crippen molar-refractivity contribution in [3.05, 3.63) is 252 Å². The van der Waals surface area contributed by atoms with E-state index in [1.54, 1.807) is 0 Å². The SMILES string of the molecule is Cc1ccc2oc3c(-c4cccc5c4oc4ccc(C)cc45)cccc3c2c1.Cc1ccc2oc3ccc(-c4ccc5oc6c(C)cccc6c5c4)cc3c2c1.Cc1cccc2c1oc1ccc(-c3ccc4oc5c(C)cccc5c4c3)cc12. The highest BCUT2D eigenvalue weighted by Gasteiger charge is 2.19. The molecule has 84 heavy (non-hydrogen) atoms. The second-order valence-electron chi connectivity index (χ2n) is 22.7. The minimum Gasteiger partial charge on any atom is -0.456 e. The van der Waals surface area contributed by atoms with Gasteiger partial charge in [0.1, 0.15) is 67.0 Å². The van der Waals surface area contributed by atoms with Gasteiger partial charge in [-0.2, -0.15) is 0 Å². The number of para-hydroxylation sites is 5. The first kappa shape index (κ1) is 49.3. The van der Waals surface area contributed by atoms with E-state index in [1.165, 1.54) is 60.5 Å². The van der Waals surface area contributed by atoms with Gasteiger partial charge in [0, 0.05) is 75.8 Å². The molecule has 0 saturated heterocycles. The maximum absolute atomic E-state index is 6.29. The molecule has 0 atom stereocenters. The number of hydrogen-bond acceptors (Lipinski definition) is 6. The van der Waals surface area contributed by atoms with E-state index in [-0.39, 0.29) is 0 Å². The van der Waals surface area contributed by atoms with Gasteiger partial charge in [-0.25, -0.2) is 0 Å². The van der Waals surface area contributed by atoms with Crippen LogP contribution in [0.3, 0.4) is 0 Å². The van der Waals surface area contributed by atoms with Gasteiger partial charge in [-0.3, -0.25) is 0 Å². The quantitative estimate of drug-likeness (QED) is 0.175. The Bertz CT molecular complexity index is 5290. The van der Waals surface area contributed by atoms with Gasteiger partial charge in [0.2, 0.25) is 0 Å². The molecule has 18 aromatic rings. The highest BCUT2D eigenvalue weighted by molar-refractivity contribution is 6.16. The number of aryl methyl sites for hydroxylation is 6. The number of benzene rings is 12. The summed E-state index contributed by atoms with van der Waals surface area (Å²) in [4.78, 5) is 0. The van der Waals surface area contributed by atoms with Crippen LogP contribution in [0.4, 0.5) is 0 Å². The monoisotopic (exact) mass is 1090 g/mol. The standard InChI is InChI=1S/3C26H18O2/c1-15-9-11-23-21(13-15)19-7-3-5-17(25(19)27-23)18-6-4-8-20-22-14-16(2)10-12-24(22)28-26(18)20;1-15-5-3-7-19-21-13-17(9-11-23(21)27-25(15)19)18-10-12-24-22(14-18)20-8-4-6-16(2)26(20)28-24;1-15-6-9-23-20(12-15)22-14-18(7-10-24(22)27-23)17-8-11-25-21(13-17)19-5-3-4-16(2)26(19)28-25/h3*3-14H,1-2H3. The Morgan fingerprint density at radius 2 is 0.429 bits per heavy atom. The van der Waals surface area contributed by atoms with Gasteiger partial charge in [-0.1, -0.05) is 150 Å². The molecule has 6 nitrogen and oxygen atoms in total. The Morgan fingerprint density at radius 3 is 0.762 bits per heavy atom. The predicted octanol–water partition coefficient (Wildman–Crippen LogP) is 23.3. The van der Waals surface area contributed by atoms with E-state index in [4.69, 9.17) is 26.5 Å². The molecule has 0 aliphatic rings. The third kappa shape index (κ3) is 8.00. The summed E-state index contributed by atoms with van der Waals surface area (Å²) in [5.41, 5.74) is 25.3. The summed E-state index contributed by atoms with van der Waals surface area (Å²) in [5.74, 6) is 0. The minimum atomic E-state index is 0.909. The van der Waals surface area contributed by atoms with Crippen LogP contribution in [0.15, 0.2) is 245 Å². The Hall–Kier alpha value is -10.6. The molecule has 6 heteroatoms. The third-order valence-corrected chi connectivity index (χ3v) is 17.0. The van der Waals surface area contributed by atoms with Crippen LogP contribution < -0.4 is 0 Å². The third-order valence-electron chi connectivity index (χ3n) is 17.0. The fourth-order valence-corrected chi connectivity index (χ4v) is 12.7. The maximum Gasteiger partial charge on any atom is 0.143 e. The molecule has 0 radical (unpaired) electrons. The topological polar surface area (TPSA) is 78.8 Å². The molecule has 0 unspecified atom stereocenters. The molecule has 0 fully saturated rings. The van der Waals surface area contributed by atoms with E-state index in [9.17, 15) is 0 Å². The first-order valence-electron chi connectivity index (χ1n) is 28.6. The average Bonchev–Trinajstić information content (AvgIpc) is 4.57. The van der Waals surface area contributed by atoms with E-state index in [1.807, 2.05) is 0 Å².